The van der Waals surface area contributed by atoms with Gasteiger partial charge in [0.15, 0.2) is 0 Å². The van der Waals surface area contributed by atoms with Crippen LogP contribution in [0.15, 0.2) is 42.7 Å². The van der Waals surface area contributed by atoms with Gasteiger partial charge < -0.3 is 9.47 Å². The van der Waals surface area contributed by atoms with E-state index in [4.69, 9.17) is 4.98 Å². The fourth-order valence-electron chi connectivity index (χ4n) is 3.90. The quantitative estimate of drug-likeness (QED) is 0.708. The second kappa shape index (κ2) is 6.55. The maximum absolute atomic E-state index is 4.69. The lowest BCUT2D eigenvalue weighted by Gasteiger charge is -2.32. The molecule has 1 aliphatic carbocycles. The number of imidazole rings is 1. The van der Waals surface area contributed by atoms with Crippen LogP contribution in [0.3, 0.4) is 0 Å². The van der Waals surface area contributed by atoms with E-state index in [0.29, 0.717) is 5.92 Å². The van der Waals surface area contributed by atoms with Gasteiger partial charge in [-0.2, -0.15) is 4.68 Å². The summed E-state index contributed by atoms with van der Waals surface area (Å²) in [6.45, 7) is 3.01. The zero-order valence-electron chi connectivity index (χ0n) is 14.8. The van der Waals surface area contributed by atoms with E-state index in [1.807, 2.05) is 41.2 Å². The molecule has 26 heavy (non-hydrogen) atoms. The standard InChI is InChI=1S/C19H23N7/c1-2-6-17(7-3-1)26-19(21-22-23-26)25-11-4-5-16(14-25)18-20-10-12-24(18)13-15-8-9-15/h1-3,6-7,10,12,15-16H,4-5,8-9,11,13-14H2. The molecule has 3 heterocycles. The molecule has 1 aliphatic heterocycles. The van der Waals surface area contributed by atoms with Crippen molar-refractivity contribution >= 4 is 5.95 Å². The van der Waals surface area contributed by atoms with Crippen LogP contribution >= 0.6 is 0 Å². The minimum absolute atomic E-state index is 0.429. The molecular weight excluding hydrogens is 326 g/mol. The first-order chi connectivity index (χ1) is 12.9. The highest BCUT2D eigenvalue weighted by Gasteiger charge is 2.29. The van der Waals surface area contributed by atoms with Crippen molar-refractivity contribution in [1.82, 2.24) is 29.8 Å². The Kier molecular flexibility index (Phi) is 3.92. The number of nitrogens with zero attached hydrogens (tertiary/aromatic N) is 7. The van der Waals surface area contributed by atoms with Crippen LogP contribution in [-0.2, 0) is 6.54 Å². The predicted octanol–water partition coefficient (Wildman–Crippen LogP) is 2.65. The Morgan fingerprint density at radius 3 is 2.81 bits per heavy atom. The second-order valence-corrected chi connectivity index (χ2v) is 7.39. The molecule has 0 radical (unpaired) electrons. The molecular formula is C19H23N7. The summed E-state index contributed by atoms with van der Waals surface area (Å²) in [6, 6.07) is 10.1. The molecule has 7 nitrogen and oxygen atoms in total. The smallest absolute Gasteiger partial charge is 0.250 e. The number of aromatic nitrogens is 6. The number of anilines is 1. The van der Waals surface area contributed by atoms with Gasteiger partial charge in [-0.25, -0.2) is 4.98 Å². The summed E-state index contributed by atoms with van der Waals surface area (Å²) in [5.74, 6) is 3.33. The zero-order chi connectivity index (χ0) is 17.3. The molecule has 0 amide bonds. The minimum Gasteiger partial charge on any atom is -0.339 e. The van der Waals surface area contributed by atoms with E-state index in [-0.39, 0.29) is 0 Å². The number of hydrogen-bond donors (Lipinski definition) is 0. The van der Waals surface area contributed by atoms with E-state index in [9.17, 15) is 0 Å². The summed E-state index contributed by atoms with van der Waals surface area (Å²) in [6.07, 6.45) is 9.11. The SMILES string of the molecule is c1ccc(-n2nnnc2N2CCCC(c3nccn3CC3CC3)C2)cc1. The monoisotopic (exact) mass is 349 g/mol. The maximum atomic E-state index is 4.69. The Morgan fingerprint density at radius 1 is 1.08 bits per heavy atom. The van der Waals surface area contributed by atoms with Gasteiger partial charge in [-0.1, -0.05) is 23.3 Å². The molecule has 2 aliphatic rings. The van der Waals surface area contributed by atoms with E-state index in [1.54, 1.807) is 0 Å². The van der Waals surface area contributed by atoms with Gasteiger partial charge in [0.05, 0.1) is 5.69 Å². The summed E-state index contributed by atoms with van der Waals surface area (Å²) < 4.78 is 4.20. The van der Waals surface area contributed by atoms with E-state index in [2.05, 4.69) is 31.2 Å². The van der Waals surface area contributed by atoms with Crippen molar-refractivity contribution < 1.29 is 0 Å². The molecule has 5 rings (SSSR count). The molecule has 1 aromatic carbocycles. The van der Waals surface area contributed by atoms with Crippen molar-refractivity contribution in [3.8, 4) is 5.69 Å². The van der Waals surface area contributed by atoms with Gasteiger partial charge in [0, 0.05) is 37.9 Å². The first-order valence-corrected chi connectivity index (χ1v) is 9.48. The molecule has 1 saturated carbocycles. The predicted molar refractivity (Wildman–Crippen MR) is 98.3 cm³/mol. The highest BCUT2D eigenvalue weighted by molar-refractivity contribution is 5.41. The van der Waals surface area contributed by atoms with Crippen LogP contribution in [0.1, 0.15) is 37.4 Å². The molecule has 134 valence electrons. The molecule has 2 fully saturated rings. The lowest BCUT2D eigenvalue weighted by molar-refractivity contribution is 0.458. The van der Waals surface area contributed by atoms with E-state index < -0.39 is 0 Å². The highest BCUT2D eigenvalue weighted by Crippen LogP contribution is 2.33. The van der Waals surface area contributed by atoms with Gasteiger partial charge in [0.1, 0.15) is 5.82 Å². The number of piperidine rings is 1. The van der Waals surface area contributed by atoms with Gasteiger partial charge in [0.2, 0.25) is 5.95 Å². The van der Waals surface area contributed by atoms with Crippen molar-refractivity contribution in [3.63, 3.8) is 0 Å². The summed E-state index contributed by atoms with van der Waals surface area (Å²) in [7, 11) is 0. The van der Waals surface area contributed by atoms with Crippen molar-refractivity contribution in [1.29, 1.82) is 0 Å². The summed E-state index contributed by atoms with van der Waals surface area (Å²) in [5, 5.41) is 12.4. The van der Waals surface area contributed by atoms with Gasteiger partial charge in [-0.05, 0) is 54.2 Å². The zero-order valence-corrected chi connectivity index (χ0v) is 14.8. The number of para-hydroxylation sites is 1. The summed E-state index contributed by atoms with van der Waals surface area (Å²) >= 11 is 0. The average molecular weight is 349 g/mol. The summed E-state index contributed by atoms with van der Waals surface area (Å²) in [4.78, 5) is 7.00. The van der Waals surface area contributed by atoms with E-state index in [0.717, 1.165) is 43.6 Å². The number of benzene rings is 1. The van der Waals surface area contributed by atoms with Crippen molar-refractivity contribution in [3.05, 3.63) is 48.5 Å². The first kappa shape index (κ1) is 15.5. The van der Waals surface area contributed by atoms with Crippen molar-refractivity contribution in [2.75, 3.05) is 18.0 Å². The molecule has 0 N–H and O–H groups in total. The Bertz CT molecular complexity index is 865. The Labute approximate surface area is 152 Å². The van der Waals surface area contributed by atoms with Crippen LogP contribution in [0.2, 0.25) is 0 Å². The van der Waals surface area contributed by atoms with Crippen LogP contribution in [-0.4, -0.2) is 42.8 Å². The number of rotatable bonds is 5. The van der Waals surface area contributed by atoms with E-state index in [1.165, 1.54) is 25.1 Å². The molecule has 1 atom stereocenters. The third-order valence-corrected chi connectivity index (χ3v) is 5.42. The van der Waals surface area contributed by atoms with Gasteiger partial charge in [-0.15, -0.1) is 0 Å². The summed E-state index contributed by atoms with van der Waals surface area (Å²) in [5.41, 5.74) is 0.991. The third kappa shape index (κ3) is 2.98. The third-order valence-electron chi connectivity index (χ3n) is 5.42. The Morgan fingerprint density at radius 2 is 1.96 bits per heavy atom. The van der Waals surface area contributed by atoms with Crippen molar-refractivity contribution in [2.45, 2.75) is 38.1 Å². The normalized spacial score (nSPS) is 20.5. The topological polar surface area (TPSA) is 64.7 Å². The van der Waals surface area contributed by atoms with Gasteiger partial charge >= 0.3 is 0 Å². The maximum Gasteiger partial charge on any atom is 0.250 e. The number of hydrogen-bond acceptors (Lipinski definition) is 5. The largest absolute Gasteiger partial charge is 0.339 e. The fourth-order valence-corrected chi connectivity index (χ4v) is 3.90. The van der Waals surface area contributed by atoms with Crippen LogP contribution in [0.5, 0.6) is 0 Å². The highest BCUT2D eigenvalue weighted by atomic mass is 15.6. The lowest BCUT2D eigenvalue weighted by atomic mass is 9.97. The average Bonchev–Trinajstić information content (AvgIpc) is 3.18. The Balaban J connectivity index is 1.39. The second-order valence-electron chi connectivity index (χ2n) is 7.39. The van der Waals surface area contributed by atoms with Crippen LogP contribution in [0, 0.1) is 5.92 Å². The number of tetrazole rings is 1. The minimum atomic E-state index is 0.429. The molecule has 1 saturated heterocycles. The lowest BCUT2D eigenvalue weighted by Crippen LogP contribution is -2.37. The van der Waals surface area contributed by atoms with Crippen LogP contribution < -0.4 is 4.90 Å². The molecule has 7 heteroatoms. The molecule has 0 spiro atoms. The van der Waals surface area contributed by atoms with Gasteiger partial charge in [0.25, 0.3) is 0 Å². The molecule has 0 bridgehead atoms. The fraction of sp³-hybridized carbons (Fsp3) is 0.474. The first-order valence-electron chi connectivity index (χ1n) is 9.48. The molecule has 3 aromatic rings. The Hall–Kier alpha value is -2.70. The molecule has 2 aromatic heterocycles. The van der Waals surface area contributed by atoms with E-state index >= 15 is 0 Å². The molecule has 1 unspecified atom stereocenters. The van der Waals surface area contributed by atoms with Crippen LogP contribution in [0.25, 0.3) is 5.69 Å². The van der Waals surface area contributed by atoms with Gasteiger partial charge in [-0.3, -0.25) is 0 Å². The van der Waals surface area contributed by atoms with Crippen LogP contribution in [0.4, 0.5) is 5.95 Å². The van der Waals surface area contributed by atoms with Crippen molar-refractivity contribution in [2.24, 2.45) is 5.92 Å².